The van der Waals surface area contributed by atoms with Gasteiger partial charge >= 0.3 is 6.18 Å². The van der Waals surface area contributed by atoms with E-state index in [4.69, 9.17) is 0 Å². The van der Waals surface area contributed by atoms with Crippen LogP contribution < -0.4 is 5.32 Å². The zero-order chi connectivity index (χ0) is 18.4. The minimum Gasteiger partial charge on any atom is -0.324 e. The van der Waals surface area contributed by atoms with Gasteiger partial charge in [0.25, 0.3) is 0 Å². The third kappa shape index (κ3) is 5.29. The first kappa shape index (κ1) is 18.9. The summed E-state index contributed by atoms with van der Waals surface area (Å²) in [6, 6.07) is 11.0. The Labute approximate surface area is 143 Å². The molecular formula is C18H18F4N2O. The molecule has 134 valence electrons. The summed E-state index contributed by atoms with van der Waals surface area (Å²) in [5.41, 5.74) is -0.768. The monoisotopic (exact) mass is 354 g/mol. The van der Waals surface area contributed by atoms with Crippen molar-refractivity contribution >= 4 is 11.6 Å². The number of nitrogens with one attached hydrogen (secondary N) is 1. The second kappa shape index (κ2) is 8.11. The number of hydrogen-bond acceptors (Lipinski definition) is 2. The average molecular weight is 354 g/mol. The minimum absolute atomic E-state index is 0.142. The number of hydrogen-bond donors (Lipinski definition) is 1. The Morgan fingerprint density at radius 1 is 1.08 bits per heavy atom. The quantitative estimate of drug-likeness (QED) is 0.784. The van der Waals surface area contributed by atoms with Crippen LogP contribution >= 0.6 is 0 Å². The maximum atomic E-state index is 13.7. The zero-order valence-electron chi connectivity index (χ0n) is 13.6. The number of benzene rings is 2. The lowest BCUT2D eigenvalue weighted by molar-refractivity contribution is -0.137. The van der Waals surface area contributed by atoms with Crippen LogP contribution in [0.25, 0.3) is 0 Å². The van der Waals surface area contributed by atoms with E-state index < -0.39 is 17.6 Å². The van der Waals surface area contributed by atoms with Gasteiger partial charge in [0.2, 0.25) is 5.91 Å². The van der Waals surface area contributed by atoms with Gasteiger partial charge in [-0.1, -0.05) is 37.3 Å². The van der Waals surface area contributed by atoms with E-state index in [1.807, 2.05) is 0 Å². The molecular weight excluding hydrogens is 336 g/mol. The molecule has 0 fully saturated rings. The lowest BCUT2D eigenvalue weighted by Crippen LogP contribution is -2.33. The van der Waals surface area contributed by atoms with Gasteiger partial charge in [0.05, 0.1) is 17.8 Å². The highest BCUT2D eigenvalue weighted by molar-refractivity contribution is 5.93. The number of amides is 1. The largest absolute Gasteiger partial charge is 0.418 e. The molecule has 0 aromatic heterocycles. The third-order valence-corrected chi connectivity index (χ3v) is 3.67. The highest BCUT2D eigenvalue weighted by Gasteiger charge is 2.33. The van der Waals surface area contributed by atoms with Crippen molar-refractivity contribution in [2.75, 3.05) is 18.4 Å². The van der Waals surface area contributed by atoms with Crippen LogP contribution in [0.2, 0.25) is 0 Å². The molecule has 0 heterocycles. The van der Waals surface area contributed by atoms with Gasteiger partial charge < -0.3 is 5.32 Å². The molecule has 2 aromatic rings. The molecule has 2 aromatic carbocycles. The second-order valence-electron chi connectivity index (χ2n) is 5.49. The van der Waals surface area contributed by atoms with Crippen LogP contribution in [0.15, 0.2) is 48.5 Å². The van der Waals surface area contributed by atoms with E-state index in [1.165, 1.54) is 24.3 Å². The Morgan fingerprint density at radius 3 is 2.36 bits per heavy atom. The lowest BCUT2D eigenvalue weighted by Gasteiger charge is -2.21. The van der Waals surface area contributed by atoms with E-state index in [9.17, 15) is 22.4 Å². The Kier molecular flexibility index (Phi) is 6.14. The van der Waals surface area contributed by atoms with E-state index >= 15 is 0 Å². The van der Waals surface area contributed by atoms with Crippen molar-refractivity contribution in [3.63, 3.8) is 0 Å². The first-order valence-electron chi connectivity index (χ1n) is 7.73. The fourth-order valence-corrected chi connectivity index (χ4v) is 2.38. The summed E-state index contributed by atoms with van der Waals surface area (Å²) in [4.78, 5) is 13.8. The van der Waals surface area contributed by atoms with Crippen LogP contribution in [0, 0.1) is 5.82 Å². The van der Waals surface area contributed by atoms with Crippen molar-refractivity contribution < 1.29 is 22.4 Å². The number of anilines is 1. The number of halogens is 4. The highest BCUT2D eigenvalue weighted by atomic mass is 19.4. The molecule has 0 saturated heterocycles. The number of carbonyl (C=O) groups is 1. The fraction of sp³-hybridized carbons (Fsp3) is 0.278. The molecule has 0 radical (unpaired) electrons. The first-order chi connectivity index (χ1) is 11.8. The molecule has 25 heavy (non-hydrogen) atoms. The predicted molar refractivity (Wildman–Crippen MR) is 87.4 cm³/mol. The van der Waals surface area contributed by atoms with E-state index in [2.05, 4.69) is 5.32 Å². The number of rotatable bonds is 6. The van der Waals surface area contributed by atoms with Crippen LogP contribution in [0.5, 0.6) is 0 Å². The van der Waals surface area contributed by atoms with Crippen molar-refractivity contribution in [2.24, 2.45) is 0 Å². The van der Waals surface area contributed by atoms with E-state index in [0.717, 1.165) is 6.07 Å². The van der Waals surface area contributed by atoms with E-state index in [-0.39, 0.29) is 24.6 Å². The summed E-state index contributed by atoms with van der Waals surface area (Å²) in [6.45, 7) is 2.29. The summed E-state index contributed by atoms with van der Waals surface area (Å²) in [6.07, 6.45) is -4.55. The van der Waals surface area contributed by atoms with Crippen molar-refractivity contribution in [2.45, 2.75) is 19.6 Å². The molecule has 0 atom stereocenters. The average Bonchev–Trinajstić information content (AvgIpc) is 2.55. The van der Waals surface area contributed by atoms with E-state index in [1.54, 1.807) is 30.0 Å². The van der Waals surface area contributed by atoms with Gasteiger partial charge in [-0.3, -0.25) is 9.69 Å². The first-order valence-corrected chi connectivity index (χ1v) is 7.73. The molecule has 1 amide bonds. The molecule has 0 aliphatic rings. The van der Waals surface area contributed by atoms with Crippen molar-refractivity contribution in [3.05, 3.63) is 65.5 Å². The molecule has 0 aliphatic heterocycles. The van der Waals surface area contributed by atoms with E-state index in [0.29, 0.717) is 12.1 Å². The Bertz CT molecular complexity index is 731. The third-order valence-electron chi connectivity index (χ3n) is 3.67. The Morgan fingerprint density at radius 2 is 1.72 bits per heavy atom. The highest BCUT2D eigenvalue weighted by Crippen LogP contribution is 2.34. The molecule has 3 nitrogen and oxygen atoms in total. The molecule has 0 aliphatic carbocycles. The van der Waals surface area contributed by atoms with Gasteiger partial charge in [-0.25, -0.2) is 4.39 Å². The fourth-order valence-electron chi connectivity index (χ4n) is 2.38. The zero-order valence-corrected chi connectivity index (χ0v) is 13.6. The normalized spacial score (nSPS) is 11.6. The summed E-state index contributed by atoms with van der Waals surface area (Å²) in [5, 5.41) is 2.29. The Hall–Kier alpha value is -2.41. The number of nitrogens with zero attached hydrogens (tertiary/aromatic N) is 1. The minimum atomic E-state index is -4.55. The molecule has 0 spiro atoms. The second-order valence-corrected chi connectivity index (χ2v) is 5.49. The number of carbonyl (C=O) groups excluding carboxylic acids is 1. The molecule has 0 bridgehead atoms. The van der Waals surface area contributed by atoms with Crippen LogP contribution in [0.3, 0.4) is 0 Å². The predicted octanol–water partition coefficient (Wildman–Crippen LogP) is 4.31. The number of para-hydroxylation sites is 1. The van der Waals surface area contributed by atoms with Crippen LogP contribution in [0.4, 0.5) is 23.2 Å². The summed E-state index contributed by atoms with van der Waals surface area (Å²) < 4.78 is 52.6. The van der Waals surface area contributed by atoms with Gasteiger partial charge in [0, 0.05) is 12.1 Å². The number of likely N-dealkylation sites (N-methyl/N-ethyl adjacent to an activating group) is 1. The standard InChI is InChI=1S/C18H18F4N2O/c1-2-24(11-13-7-3-5-9-15(13)19)12-17(25)23-16-10-6-4-8-14(16)18(20,21)22/h3-10H,2,11-12H2,1H3,(H,23,25). The van der Waals surface area contributed by atoms with Crippen LogP contribution in [0.1, 0.15) is 18.1 Å². The number of alkyl halides is 3. The van der Waals surface area contributed by atoms with Crippen molar-refractivity contribution in [3.8, 4) is 0 Å². The molecule has 2 rings (SSSR count). The molecule has 0 saturated carbocycles. The maximum absolute atomic E-state index is 13.7. The van der Waals surface area contributed by atoms with Gasteiger partial charge in [-0.15, -0.1) is 0 Å². The van der Waals surface area contributed by atoms with Crippen LogP contribution in [-0.2, 0) is 17.5 Å². The van der Waals surface area contributed by atoms with Crippen LogP contribution in [-0.4, -0.2) is 23.9 Å². The Balaban J connectivity index is 2.05. The van der Waals surface area contributed by atoms with Gasteiger partial charge in [-0.2, -0.15) is 13.2 Å². The molecule has 1 N–H and O–H groups in total. The molecule has 7 heteroatoms. The van der Waals surface area contributed by atoms with Gasteiger partial charge in [0.15, 0.2) is 0 Å². The SMILES string of the molecule is CCN(CC(=O)Nc1ccccc1C(F)(F)F)Cc1ccccc1F. The van der Waals surface area contributed by atoms with Gasteiger partial charge in [0.1, 0.15) is 5.82 Å². The summed E-state index contributed by atoms with van der Waals surface area (Å²) >= 11 is 0. The van der Waals surface area contributed by atoms with Gasteiger partial charge in [-0.05, 0) is 24.7 Å². The topological polar surface area (TPSA) is 32.3 Å². The maximum Gasteiger partial charge on any atom is 0.418 e. The smallest absolute Gasteiger partial charge is 0.324 e. The summed E-state index contributed by atoms with van der Waals surface area (Å²) in [5.74, 6) is -0.973. The molecule has 0 unspecified atom stereocenters. The summed E-state index contributed by atoms with van der Waals surface area (Å²) in [7, 11) is 0. The lowest BCUT2D eigenvalue weighted by atomic mass is 10.1. The van der Waals surface area contributed by atoms with Crippen molar-refractivity contribution in [1.29, 1.82) is 0 Å². The van der Waals surface area contributed by atoms with Crippen molar-refractivity contribution in [1.82, 2.24) is 4.90 Å².